The lowest BCUT2D eigenvalue weighted by molar-refractivity contribution is -0.143. The molecule has 132 valence electrons. The number of methoxy groups -OCH3 is 1. The van der Waals surface area contributed by atoms with Gasteiger partial charge in [-0.05, 0) is 37.7 Å². The number of hydrogen-bond acceptors (Lipinski definition) is 4. The molecule has 7 heteroatoms. The summed E-state index contributed by atoms with van der Waals surface area (Å²) in [6.45, 7) is 5.06. The molecule has 0 unspecified atom stereocenters. The van der Waals surface area contributed by atoms with Crippen LogP contribution in [0.3, 0.4) is 0 Å². The smallest absolute Gasteiger partial charge is 0.261 e. The van der Waals surface area contributed by atoms with Gasteiger partial charge in [-0.3, -0.25) is 4.79 Å². The van der Waals surface area contributed by atoms with E-state index in [1.807, 2.05) is 6.92 Å². The van der Waals surface area contributed by atoms with Gasteiger partial charge in [0.25, 0.3) is 5.91 Å². The molecule has 1 aromatic rings. The third-order valence-corrected chi connectivity index (χ3v) is 7.79. The Hall–Kier alpha value is -1.44. The van der Waals surface area contributed by atoms with Crippen LogP contribution in [0.15, 0.2) is 18.2 Å². The Kier molecular flexibility index (Phi) is 4.22. The van der Waals surface area contributed by atoms with Gasteiger partial charge in [-0.2, -0.15) is 0 Å². The number of fused-ring (bicyclic) bond motifs is 2. The van der Waals surface area contributed by atoms with E-state index in [1.165, 1.54) is 0 Å². The second-order valence-electron chi connectivity index (χ2n) is 7.15. The average Bonchev–Trinajstić information content (AvgIpc) is 2.95. The van der Waals surface area contributed by atoms with E-state index >= 15 is 4.11 Å². The van der Waals surface area contributed by atoms with Gasteiger partial charge in [-0.1, -0.05) is 6.92 Å². The second kappa shape index (κ2) is 5.82. The van der Waals surface area contributed by atoms with Crippen LogP contribution in [0.25, 0.3) is 0 Å². The van der Waals surface area contributed by atoms with Gasteiger partial charge in [0.1, 0.15) is 5.75 Å². The van der Waals surface area contributed by atoms with E-state index in [1.54, 1.807) is 38.4 Å². The highest BCUT2D eigenvalue weighted by Gasteiger charge is 2.65. The van der Waals surface area contributed by atoms with Crippen molar-refractivity contribution >= 4 is 20.0 Å². The minimum atomic E-state index is -3.10. The molecule has 0 aromatic heterocycles. The molecule has 3 rings (SSSR count). The number of aliphatic hydroxyl groups is 1. The molecule has 0 bridgehead atoms. The largest absolute Gasteiger partial charge is 0.497 e. The third-order valence-electron chi connectivity index (χ3n) is 5.34. The summed E-state index contributed by atoms with van der Waals surface area (Å²) in [6.07, 6.45) is -0.150. The SMILES string of the molecule is COc1ccc2c(c1)[C@]1(O[C@@H](CCO)[C@H]([Si](C)(C)F)[C@H]1C)C(=O)N2. The summed E-state index contributed by atoms with van der Waals surface area (Å²) in [6, 6.07) is 5.34. The summed E-state index contributed by atoms with van der Waals surface area (Å²) >= 11 is 0. The number of aliphatic hydroxyl groups excluding tert-OH is 1. The Morgan fingerprint density at radius 3 is 2.75 bits per heavy atom. The first-order valence-electron chi connectivity index (χ1n) is 8.23. The molecule has 1 fully saturated rings. The minimum Gasteiger partial charge on any atom is -0.497 e. The molecule has 1 saturated heterocycles. The fraction of sp³-hybridized carbons (Fsp3) is 0.588. The predicted molar refractivity (Wildman–Crippen MR) is 91.4 cm³/mol. The molecule has 2 aliphatic heterocycles. The maximum atomic E-state index is 15.0. The zero-order valence-electron chi connectivity index (χ0n) is 14.4. The van der Waals surface area contributed by atoms with Crippen LogP contribution in [0.1, 0.15) is 18.9 Å². The highest BCUT2D eigenvalue weighted by molar-refractivity contribution is 6.72. The number of anilines is 1. The lowest BCUT2D eigenvalue weighted by Gasteiger charge is -2.30. The number of hydrogen-bond donors (Lipinski definition) is 2. The molecule has 2 aliphatic rings. The monoisotopic (exact) mass is 353 g/mol. The summed E-state index contributed by atoms with van der Waals surface area (Å²) in [4.78, 5) is 12.8. The van der Waals surface area contributed by atoms with E-state index in [0.29, 0.717) is 23.4 Å². The lowest BCUT2D eigenvalue weighted by atomic mass is 9.82. The van der Waals surface area contributed by atoms with Crippen LogP contribution >= 0.6 is 0 Å². The van der Waals surface area contributed by atoms with Crippen molar-refractivity contribution in [3.63, 3.8) is 0 Å². The minimum absolute atomic E-state index is 0.0962. The number of carbonyl (C=O) groups is 1. The van der Waals surface area contributed by atoms with Crippen molar-refractivity contribution in [2.24, 2.45) is 5.92 Å². The van der Waals surface area contributed by atoms with Gasteiger partial charge < -0.3 is 24.0 Å². The molecule has 1 amide bonds. The van der Waals surface area contributed by atoms with Crippen LogP contribution in [0.2, 0.25) is 18.6 Å². The number of ether oxygens (including phenoxy) is 2. The topological polar surface area (TPSA) is 67.8 Å². The highest BCUT2D eigenvalue weighted by Crippen LogP contribution is 2.59. The van der Waals surface area contributed by atoms with E-state index in [2.05, 4.69) is 5.32 Å². The van der Waals surface area contributed by atoms with Crippen molar-refractivity contribution in [1.82, 2.24) is 0 Å². The number of rotatable bonds is 4. The number of benzene rings is 1. The molecule has 5 nitrogen and oxygen atoms in total. The van der Waals surface area contributed by atoms with Gasteiger partial charge >= 0.3 is 0 Å². The summed E-state index contributed by atoms with van der Waals surface area (Å²) in [5.41, 5.74) is -0.213. The normalized spacial score (nSPS) is 32.1. The van der Waals surface area contributed by atoms with Crippen molar-refractivity contribution in [2.75, 3.05) is 19.0 Å². The zero-order valence-corrected chi connectivity index (χ0v) is 15.4. The van der Waals surface area contributed by atoms with Crippen LogP contribution in [-0.4, -0.2) is 39.2 Å². The zero-order chi connectivity index (χ0) is 17.7. The van der Waals surface area contributed by atoms with E-state index in [9.17, 15) is 9.90 Å². The second-order valence-corrected chi connectivity index (χ2v) is 10.9. The highest BCUT2D eigenvalue weighted by atomic mass is 28.4. The van der Waals surface area contributed by atoms with Crippen molar-refractivity contribution in [1.29, 1.82) is 0 Å². The Bertz CT molecular complexity index is 662. The van der Waals surface area contributed by atoms with Crippen LogP contribution in [0.4, 0.5) is 9.80 Å². The molecule has 1 spiro atoms. The Labute approximate surface area is 142 Å². The van der Waals surface area contributed by atoms with E-state index in [-0.39, 0.29) is 24.0 Å². The Morgan fingerprint density at radius 2 is 2.17 bits per heavy atom. The first-order chi connectivity index (χ1) is 11.3. The number of amides is 1. The van der Waals surface area contributed by atoms with E-state index in [4.69, 9.17) is 9.47 Å². The Morgan fingerprint density at radius 1 is 1.46 bits per heavy atom. The quantitative estimate of drug-likeness (QED) is 0.645. The predicted octanol–water partition coefficient (Wildman–Crippen LogP) is 2.80. The molecule has 0 radical (unpaired) electrons. The number of carbonyl (C=O) groups excluding carboxylic acids is 1. The number of nitrogens with one attached hydrogen (secondary N) is 1. The van der Waals surface area contributed by atoms with Gasteiger partial charge in [0.05, 0.1) is 13.2 Å². The first-order valence-corrected chi connectivity index (χ1v) is 11.2. The van der Waals surface area contributed by atoms with E-state index < -0.39 is 20.1 Å². The van der Waals surface area contributed by atoms with Crippen molar-refractivity contribution < 1.29 is 23.5 Å². The fourth-order valence-electron chi connectivity index (χ4n) is 4.37. The third kappa shape index (κ3) is 2.37. The summed E-state index contributed by atoms with van der Waals surface area (Å²) in [7, 11) is -1.54. The number of halogens is 1. The van der Waals surface area contributed by atoms with Crippen LogP contribution in [-0.2, 0) is 15.1 Å². The first kappa shape index (κ1) is 17.4. The molecular formula is C17H24FNO4Si. The molecule has 24 heavy (non-hydrogen) atoms. The molecule has 1 aromatic carbocycles. The van der Waals surface area contributed by atoms with Crippen LogP contribution in [0.5, 0.6) is 5.75 Å². The van der Waals surface area contributed by atoms with Crippen molar-refractivity contribution in [2.45, 2.75) is 43.7 Å². The summed E-state index contributed by atoms with van der Waals surface area (Å²) in [5, 5.41) is 12.2. The van der Waals surface area contributed by atoms with Gasteiger partial charge in [-0.15, -0.1) is 0 Å². The lowest BCUT2D eigenvalue weighted by Crippen LogP contribution is -2.41. The van der Waals surface area contributed by atoms with E-state index in [0.717, 1.165) is 0 Å². The van der Waals surface area contributed by atoms with Crippen molar-refractivity contribution in [3.8, 4) is 5.75 Å². The Balaban J connectivity index is 2.12. The molecular weight excluding hydrogens is 329 g/mol. The van der Waals surface area contributed by atoms with Crippen LogP contribution < -0.4 is 10.1 Å². The molecule has 2 N–H and O–H groups in total. The van der Waals surface area contributed by atoms with Crippen molar-refractivity contribution in [3.05, 3.63) is 23.8 Å². The average molecular weight is 353 g/mol. The van der Waals surface area contributed by atoms with Gasteiger partial charge in [0.15, 0.2) is 5.60 Å². The maximum absolute atomic E-state index is 15.0. The standard InChI is InChI=1S/C17H24FNO4Si/c1-10-15(24(3,4)18)14(7-8-20)23-17(10)12-9-11(22-2)5-6-13(12)19-16(17)21/h5-6,9-10,14-15,20H,7-8H2,1-4H3,(H,19,21)/t10-,14+,15-,17+/m1/s1. The van der Waals surface area contributed by atoms with Gasteiger partial charge in [0.2, 0.25) is 8.41 Å². The molecule has 0 aliphatic carbocycles. The maximum Gasteiger partial charge on any atom is 0.261 e. The van der Waals surface area contributed by atoms with Gasteiger partial charge in [-0.25, -0.2) is 0 Å². The summed E-state index contributed by atoms with van der Waals surface area (Å²) in [5.74, 6) is 0.0374. The molecule has 2 heterocycles. The summed E-state index contributed by atoms with van der Waals surface area (Å²) < 4.78 is 26.5. The molecule has 4 atom stereocenters. The van der Waals surface area contributed by atoms with Gasteiger partial charge in [0, 0.05) is 29.3 Å². The fourth-order valence-corrected chi connectivity index (χ4v) is 6.91. The molecule has 0 saturated carbocycles. The van der Waals surface area contributed by atoms with Crippen LogP contribution in [0, 0.1) is 5.92 Å².